The molecule has 0 bridgehead atoms. The third-order valence-electron chi connectivity index (χ3n) is 3.22. The largest absolute Gasteiger partial charge is 0.481 e. The molecule has 1 heterocycles. The zero-order valence-electron chi connectivity index (χ0n) is 13.0. The van der Waals surface area contributed by atoms with Crippen molar-refractivity contribution in [1.29, 1.82) is 0 Å². The van der Waals surface area contributed by atoms with Crippen LogP contribution in [0.1, 0.15) is 51.5 Å². The molecule has 0 fully saturated rings. The normalized spacial score (nSPS) is 13.0. The van der Waals surface area contributed by atoms with Crippen LogP contribution in [-0.4, -0.2) is 22.6 Å². The van der Waals surface area contributed by atoms with Gasteiger partial charge in [-0.25, -0.2) is 4.79 Å². The van der Waals surface area contributed by atoms with Gasteiger partial charge in [0.15, 0.2) is 0 Å². The summed E-state index contributed by atoms with van der Waals surface area (Å²) in [7, 11) is 0. The number of hydrogen-bond donors (Lipinski definition) is 3. The number of hydrogen-bond acceptors (Lipinski definition) is 3. The van der Waals surface area contributed by atoms with Crippen molar-refractivity contribution in [3.63, 3.8) is 0 Å². The van der Waals surface area contributed by atoms with Gasteiger partial charge in [0.05, 0.1) is 6.04 Å². The number of carboxylic acids is 1. The molecule has 0 saturated heterocycles. The Morgan fingerprint density at radius 1 is 1.38 bits per heavy atom. The number of urea groups is 1. The van der Waals surface area contributed by atoms with Crippen molar-refractivity contribution < 1.29 is 14.7 Å². The number of carbonyl (C=O) groups excluding carboxylic acids is 1. The van der Waals surface area contributed by atoms with Crippen LogP contribution in [-0.2, 0) is 4.79 Å². The van der Waals surface area contributed by atoms with Crippen LogP contribution >= 0.6 is 11.3 Å². The minimum Gasteiger partial charge on any atom is -0.481 e. The summed E-state index contributed by atoms with van der Waals surface area (Å²) in [4.78, 5) is 23.9. The van der Waals surface area contributed by atoms with Crippen LogP contribution in [0.25, 0.3) is 0 Å². The molecule has 0 spiro atoms. The van der Waals surface area contributed by atoms with Crippen molar-refractivity contribution in [2.24, 2.45) is 5.92 Å². The standard InChI is InChI=1S/C15H24N2O3S/c1-10(2)13(11-6-5-9-21-11)16-14(20)17-15(3,4)8-7-12(18)19/h5-6,9-10,13H,7-8H2,1-4H3,(H,18,19)(H2,16,17,20). The molecular formula is C15H24N2O3S. The number of rotatable bonds is 7. The zero-order chi connectivity index (χ0) is 16.0. The van der Waals surface area contributed by atoms with Crippen molar-refractivity contribution >= 4 is 23.3 Å². The highest BCUT2D eigenvalue weighted by Crippen LogP contribution is 2.25. The number of aliphatic carboxylic acids is 1. The topological polar surface area (TPSA) is 78.4 Å². The van der Waals surface area contributed by atoms with E-state index in [1.807, 2.05) is 31.4 Å². The van der Waals surface area contributed by atoms with E-state index in [4.69, 9.17) is 5.11 Å². The van der Waals surface area contributed by atoms with Gasteiger partial charge in [-0.1, -0.05) is 19.9 Å². The lowest BCUT2D eigenvalue weighted by molar-refractivity contribution is -0.137. The molecule has 2 amide bonds. The molecule has 6 heteroatoms. The van der Waals surface area contributed by atoms with Gasteiger partial charge >= 0.3 is 12.0 Å². The van der Waals surface area contributed by atoms with E-state index in [0.29, 0.717) is 6.42 Å². The quantitative estimate of drug-likeness (QED) is 0.722. The first-order valence-electron chi connectivity index (χ1n) is 7.05. The zero-order valence-corrected chi connectivity index (χ0v) is 13.8. The summed E-state index contributed by atoms with van der Waals surface area (Å²) in [6.45, 7) is 7.76. The Balaban J connectivity index is 2.60. The molecule has 21 heavy (non-hydrogen) atoms. The van der Waals surface area contributed by atoms with Crippen LogP contribution in [0.5, 0.6) is 0 Å². The lowest BCUT2D eigenvalue weighted by atomic mass is 9.98. The minimum absolute atomic E-state index is 0.0335. The number of carboxylic acid groups (broad SMARTS) is 1. The second kappa shape index (κ2) is 7.45. The highest BCUT2D eigenvalue weighted by atomic mass is 32.1. The van der Waals surface area contributed by atoms with Gasteiger partial charge in [0, 0.05) is 16.8 Å². The second-order valence-corrected chi connectivity index (χ2v) is 7.09. The minimum atomic E-state index is -0.857. The van der Waals surface area contributed by atoms with E-state index in [9.17, 15) is 9.59 Å². The van der Waals surface area contributed by atoms with Crippen LogP contribution in [0.3, 0.4) is 0 Å². The fraction of sp³-hybridized carbons (Fsp3) is 0.600. The molecule has 1 rings (SSSR count). The molecule has 0 radical (unpaired) electrons. The first kappa shape index (κ1) is 17.5. The summed E-state index contributed by atoms with van der Waals surface area (Å²) in [5, 5.41) is 16.5. The molecule has 3 N–H and O–H groups in total. The van der Waals surface area contributed by atoms with Gasteiger partial charge in [-0.3, -0.25) is 4.79 Å². The summed E-state index contributed by atoms with van der Waals surface area (Å²) >= 11 is 1.61. The van der Waals surface area contributed by atoms with Crippen LogP contribution in [0.4, 0.5) is 4.79 Å². The first-order chi connectivity index (χ1) is 9.71. The van der Waals surface area contributed by atoms with Crippen LogP contribution in [0.15, 0.2) is 17.5 Å². The van der Waals surface area contributed by atoms with Gasteiger partial charge < -0.3 is 15.7 Å². The maximum absolute atomic E-state index is 12.1. The van der Waals surface area contributed by atoms with Crippen molar-refractivity contribution in [2.75, 3.05) is 0 Å². The number of amides is 2. The molecule has 1 aromatic rings. The molecule has 1 unspecified atom stereocenters. The lowest BCUT2D eigenvalue weighted by Gasteiger charge is -2.28. The molecule has 0 aliphatic heterocycles. The third-order valence-corrected chi connectivity index (χ3v) is 4.17. The van der Waals surface area contributed by atoms with Crippen LogP contribution in [0.2, 0.25) is 0 Å². The molecule has 0 aliphatic carbocycles. The highest BCUT2D eigenvalue weighted by molar-refractivity contribution is 7.10. The maximum Gasteiger partial charge on any atom is 0.315 e. The fourth-order valence-electron chi connectivity index (χ4n) is 2.00. The molecule has 0 saturated carbocycles. The van der Waals surface area contributed by atoms with Crippen LogP contribution in [0, 0.1) is 5.92 Å². The average Bonchev–Trinajstić information content (AvgIpc) is 2.86. The monoisotopic (exact) mass is 312 g/mol. The molecule has 0 aromatic carbocycles. The van der Waals surface area contributed by atoms with E-state index < -0.39 is 11.5 Å². The van der Waals surface area contributed by atoms with E-state index in [1.165, 1.54) is 0 Å². The summed E-state index contributed by atoms with van der Waals surface area (Å²) in [6.07, 6.45) is 0.424. The van der Waals surface area contributed by atoms with E-state index in [1.54, 1.807) is 11.3 Å². The van der Waals surface area contributed by atoms with Gasteiger partial charge in [-0.15, -0.1) is 11.3 Å². The maximum atomic E-state index is 12.1. The summed E-state index contributed by atoms with van der Waals surface area (Å²) in [5.74, 6) is -0.583. The van der Waals surface area contributed by atoms with Crippen molar-refractivity contribution in [1.82, 2.24) is 10.6 Å². The van der Waals surface area contributed by atoms with Gasteiger partial charge in [-0.05, 0) is 37.6 Å². The van der Waals surface area contributed by atoms with Crippen molar-refractivity contribution in [3.8, 4) is 0 Å². The Kier molecular flexibility index (Phi) is 6.20. The van der Waals surface area contributed by atoms with Gasteiger partial charge in [0.2, 0.25) is 0 Å². The average molecular weight is 312 g/mol. The van der Waals surface area contributed by atoms with E-state index in [-0.39, 0.29) is 24.4 Å². The highest BCUT2D eigenvalue weighted by Gasteiger charge is 2.24. The molecule has 118 valence electrons. The van der Waals surface area contributed by atoms with E-state index in [0.717, 1.165) is 4.88 Å². The first-order valence-corrected chi connectivity index (χ1v) is 7.93. The summed E-state index contributed by atoms with van der Waals surface area (Å²) in [6, 6.07) is 3.66. The Morgan fingerprint density at radius 3 is 2.52 bits per heavy atom. The van der Waals surface area contributed by atoms with Gasteiger partial charge in [-0.2, -0.15) is 0 Å². The second-order valence-electron chi connectivity index (χ2n) is 6.11. The molecule has 1 atom stereocenters. The fourth-order valence-corrected chi connectivity index (χ4v) is 2.95. The number of nitrogens with one attached hydrogen (secondary N) is 2. The van der Waals surface area contributed by atoms with E-state index >= 15 is 0 Å². The molecule has 1 aromatic heterocycles. The smallest absolute Gasteiger partial charge is 0.315 e. The van der Waals surface area contributed by atoms with Crippen molar-refractivity contribution in [3.05, 3.63) is 22.4 Å². The van der Waals surface area contributed by atoms with Gasteiger partial charge in [0.25, 0.3) is 0 Å². The summed E-state index contributed by atoms with van der Waals surface area (Å²) < 4.78 is 0. The molecular weight excluding hydrogens is 288 g/mol. The summed E-state index contributed by atoms with van der Waals surface area (Å²) in [5.41, 5.74) is -0.556. The predicted octanol–water partition coefficient (Wildman–Crippen LogP) is 3.39. The Bertz CT molecular complexity index is 469. The lowest BCUT2D eigenvalue weighted by Crippen LogP contribution is -2.49. The number of carbonyl (C=O) groups is 2. The van der Waals surface area contributed by atoms with Crippen molar-refractivity contribution in [2.45, 2.75) is 52.1 Å². The Hall–Kier alpha value is -1.56. The Morgan fingerprint density at radius 2 is 2.05 bits per heavy atom. The van der Waals surface area contributed by atoms with E-state index in [2.05, 4.69) is 24.5 Å². The predicted molar refractivity (Wildman–Crippen MR) is 84.5 cm³/mol. The Labute approximate surface area is 129 Å². The van der Waals surface area contributed by atoms with Crippen LogP contribution < -0.4 is 10.6 Å². The third kappa shape index (κ3) is 6.16. The molecule has 5 nitrogen and oxygen atoms in total. The number of thiophene rings is 1. The molecule has 0 aliphatic rings. The SMILES string of the molecule is CC(C)C(NC(=O)NC(C)(C)CCC(=O)O)c1cccs1. The van der Waals surface area contributed by atoms with Gasteiger partial charge in [0.1, 0.15) is 0 Å².